The fraction of sp³-hybridized carbons (Fsp3) is 0.214. The first-order valence-electron chi connectivity index (χ1n) is 12.1. The predicted molar refractivity (Wildman–Crippen MR) is 145 cm³/mol. The Morgan fingerprint density at radius 3 is 2.84 bits per heavy atom. The molecular formula is C28H26ClN5O4. The van der Waals surface area contributed by atoms with Gasteiger partial charge in [0.05, 0.1) is 18.2 Å². The monoisotopic (exact) mass is 531 g/mol. The van der Waals surface area contributed by atoms with Crippen LogP contribution in [0.25, 0.3) is 6.08 Å². The number of amides is 1. The number of oxazole rings is 1. The number of aryl methyl sites for hydroxylation is 1. The molecule has 1 aromatic heterocycles. The molecule has 0 saturated carbocycles. The number of aromatic nitrogens is 1. The van der Waals surface area contributed by atoms with Crippen LogP contribution in [-0.2, 0) is 22.5 Å². The molecule has 0 radical (unpaired) electrons. The largest absolute Gasteiger partial charge is 0.465 e. The molecule has 0 saturated heterocycles. The molecule has 3 N–H and O–H groups in total. The molecule has 1 atom stereocenters. The number of nitrogens with one attached hydrogen (secondary N) is 3. The Morgan fingerprint density at radius 2 is 2.05 bits per heavy atom. The minimum Gasteiger partial charge on any atom is -0.465 e. The maximum atomic E-state index is 13.5. The maximum Gasteiger partial charge on any atom is 0.337 e. The van der Waals surface area contributed by atoms with Gasteiger partial charge in [0.2, 0.25) is 5.96 Å². The standard InChI is InChI=1S/C28H26ClN5O4/c1-16-23(25(35)30-15-17-8-7-9-18(14-17)26(36)37-2)24(19-10-3-4-11-20(19)29)33-27(31-16)34-28-32-21-12-5-6-13-22(21)38-28/h3-5,7-12,14,24H,6,13,15H2,1-2H3,(H,30,35)(H2,31,32,33,34). The predicted octanol–water partition coefficient (Wildman–Crippen LogP) is 4.78. The molecule has 2 aliphatic rings. The lowest BCUT2D eigenvalue weighted by molar-refractivity contribution is -0.118. The number of ether oxygens (including phenoxy) is 1. The van der Waals surface area contributed by atoms with E-state index in [1.165, 1.54) is 7.11 Å². The molecule has 10 heteroatoms. The van der Waals surface area contributed by atoms with Crippen LogP contribution in [0, 0.1) is 0 Å². The van der Waals surface area contributed by atoms with Gasteiger partial charge < -0.3 is 19.8 Å². The molecule has 0 fully saturated rings. The van der Waals surface area contributed by atoms with E-state index in [1.807, 2.05) is 30.3 Å². The van der Waals surface area contributed by atoms with E-state index in [2.05, 4.69) is 27.0 Å². The number of halogens is 1. The summed E-state index contributed by atoms with van der Waals surface area (Å²) in [6, 6.07) is 13.8. The number of allylic oxidation sites excluding steroid dienone is 2. The first kappa shape index (κ1) is 25.3. The molecule has 1 amide bonds. The minimum absolute atomic E-state index is 0.208. The molecule has 1 aliphatic carbocycles. The number of esters is 1. The highest BCUT2D eigenvalue weighted by molar-refractivity contribution is 6.31. The van der Waals surface area contributed by atoms with Gasteiger partial charge in [-0.2, -0.15) is 4.98 Å². The molecule has 194 valence electrons. The van der Waals surface area contributed by atoms with Gasteiger partial charge in [-0.3, -0.25) is 10.1 Å². The Labute approximate surface area is 224 Å². The number of carbonyl (C=O) groups excluding carboxylic acids is 2. The van der Waals surface area contributed by atoms with Crippen LogP contribution in [0.1, 0.15) is 52.3 Å². The number of fused-ring (bicyclic) bond motifs is 1. The van der Waals surface area contributed by atoms with Gasteiger partial charge in [0.15, 0.2) is 0 Å². The maximum absolute atomic E-state index is 13.5. The Hall–Kier alpha value is -4.37. The summed E-state index contributed by atoms with van der Waals surface area (Å²) in [4.78, 5) is 34.6. The van der Waals surface area contributed by atoms with Crippen molar-refractivity contribution in [2.45, 2.75) is 32.4 Å². The zero-order valence-corrected chi connectivity index (χ0v) is 21.6. The van der Waals surface area contributed by atoms with Crippen molar-refractivity contribution in [1.29, 1.82) is 0 Å². The third kappa shape index (κ3) is 5.33. The molecule has 2 heterocycles. The Balaban J connectivity index is 1.40. The molecule has 38 heavy (non-hydrogen) atoms. The van der Waals surface area contributed by atoms with Crippen molar-refractivity contribution in [2.75, 3.05) is 12.4 Å². The van der Waals surface area contributed by atoms with Crippen LogP contribution in [0.15, 0.2) is 75.3 Å². The lowest BCUT2D eigenvalue weighted by atomic mass is 9.95. The number of aliphatic imine (C=N–C) groups is 1. The quantitative estimate of drug-likeness (QED) is 0.392. The first-order chi connectivity index (χ1) is 18.4. The molecule has 3 aromatic rings. The third-order valence-corrected chi connectivity index (χ3v) is 6.60. The summed E-state index contributed by atoms with van der Waals surface area (Å²) in [7, 11) is 1.33. The molecule has 0 spiro atoms. The zero-order chi connectivity index (χ0) is 26.6. The number of hydrogen-bond donors (Lipinski definition) is 3. The Bertz CT molecular complexity index is 1490. The third-order valence-electron chi connectivity index (χ3n) is 6.25. The minimum atomic E-state index is -0.682. The zero-order valence-electron chi connectivity index (χ0n) is 20.9. The summed E-state index contributed by atoms with van der Waals surface area (Å²) in [6.07, 6.45) is 5.68. The Morgan fingerprint density at radius 1 is 1.21 bits per heavy atom. The van der Waals surface area contributed by atoms with Gasteiger partial charge in [0.1, 0.15) is 17.5 Å². The summed E-state index contributed by atoms with van der Waals surface area (Å²) in [6.45, 7) is 2.01. The lowest BCUT2D eigenvalue weighted by Gasteiger charge is -2.27. The van der Waals surface area contributed by atoms with Crippen LogP contribution in [0.2, 0.25) is 5.02 Å². The van der Waals surface area contributed by atoms with Crippen molar-refractivity contribution in [1.82, 2.24) is 15.6 Å². The van der Waals surface area contributed by atoms with Gasteiger partial charge >= 0.3 is 12.0 Å². The lowest BCUT2D eigenvalue weighted by Crippen LogP contribution is -2.39. The van der Waals surface area contributed by atoms with Crippen LogP contribution in [-0.4, -0.2) is 29.9 Å². The highest BCUT2D eigenvalue weighted by Crippen LogP contribution is 2.35. The van der Waals surface area contributed by atoms with Crippen molar-refractivity contribution in [3.05, 3.63) is 99.0 Å². The second-order valence-electron chi connectivity index (χ2n) is 8.83. The number of anilines is 1. The normalized spacial score (nSPS) is 16.3. The summed E-state index contributed by atoms with van der Waals surface area (Å²) in [5, 5.41) is 9.69. The van der Waals surface area contributed by atoms with E-state index in [4.69, 9.17) is 25.7 Å². The highest BCUT2D eigenvalue weighted by Gasteiger charge is 2.31. The van der Waals surface area contributed by atoms with E-state index >= 15 is 0 Å². The summed E-state index contributed by atoms with van der Waals surface area (Å²) >= 11 is 6.54. The fourth-order valence-electron chi connectivity index (χ4n) is 4.40. The number of guanidine groups is 1. The summed E-state index contributed by atoms with van der Waals surface area (Å²) in [5.41, 5.74) is 3.66. The molecule has 5 rings (SSSR count). The summed E-state index contributed by atoms with van der Waals surface area (Å²) < 4.78 is 10.6. The van der Waals surface area contributed by atoms with Gasteiger partial charge in [-0.1, -0.05) is 48.0 Å². The van der Waals surface area contributed by atoms with E-state index in [0.29, 0.717) is 39.4 Å². The molecular weight excluding hydrogens is 506 g/mol. The summed E-state index contributed by atoms with van der Waals surface area (Å²) in [5.74, 6) is 0.446. The van der Waals surface area contributed by atoms with E-state index in [-0.39, 0.29) is 12.5 Å². The first-order valence-corrected chi connectivity index (χ1v) is 12.5. The second kappa shape index (κ2) is 10.9. The van der Waals surface area contributed by atoms with Crippen molar-refractivity contribution in [3.63, 3.8) is 0 Å². The van der Waals surface area contributed by atoms with Gasteiger partial charge in [-0.05, 0) is 43.2 Å². The number of nitrogens with zero attached hydrogens (tertiary/aromatic N) is 2. The van der Waals surface area contributed by atoms with Gasteiger partial charge in [-0.15, -0.1) is 0 Å². The van der Waals surface area contributed by atoms with E-state index < -0.39 is 12.0 Å². The van der Waals surface area contributed by atoms with Crippen molar-refractivity contribution in [3.8, 4) is 0 Å². The second-order valence-corrected chi connectivity index (χ2v) is 9.24. The number of benzene rings is 2. The average molecular weight is 532 g/mol. The van der Waals surface area contributed by atoms with Crippen LogP contribution < -0.4 is 16.0 Å². The smallest absolute Gasteiger partial charge is 0.337 e. The molecule has 9 nitrogen and oxygen atoms in total. The number of carbonyl (C=O) groups is 2. The van der Waals surface area contributed by atoms with Gasteiger partial charge in [0.25, 0.3) is 5.91 Å². The van der Waals surface area contributed by atoms with E-state index in [0.717, 1.165) is 29.9 Å². The fourth-order valence-corrected chi connectivity index (χ4v) is 4.64. The SMILES string of the molecule is COC(=O)c1cccc(CNC(=O)C2=C(C)NC(Nc3nc4c(o3)CCC=C4)=NC2c2ccccc2Cl)c1. The molecule has 2 aromatic carbocycles. The number of rotatable bonds is 6. The van der Waals surface area contributed by atoms with Crippen LogP contribution in [0.4, 0.5) is 6.01 Å². The van der Waals surface area contributed by atoms with E-state index in [1.54, 1.807) is 31.2 Å². The average Bonchev–Trinajstić information content (AvgIpc) is 3.33. The van der Waals surface area contributed by atoms with Gasteiger partial charge in [-0.25, -0.2) is 9.79 Å². The number of methoxy groups -OCH3 is 1. The topological polar surface area (TPSA) is 118 Å². The van der Waals surface area contributed by atoms with Crippen molar-refractivity contribution in [2.24, 2.45) is 4.99 Å². The van der Waals surface area contributed by atoms with Gasteiger partial charge in [0, 0.05) is 29.2 Å². The van der Waals surface area contributed by atoms with Crippen LogP contribution >= 0.6 is 11.6 Å². The molecule has 1 aliphatic heterocycles. The Kier molecular flexibility index (Phi) is 7.28. The van der Waals surface area contributed by atoms with Crippen molar-refractivity contribution < 1.29 is 18.7 Å². The highest BCUT2D eigenvalue weighted by atomic mass is 35.5. The van der Waals surface area contributed by atoms with Crippen molar-refractivity contribution >= 4 is 41.5 Å². The van der Waals surface area contributed by atoms with Crippen LogP contribution in [0.5, 0.6) is 0 Å². The van der Waals surface area contributed by atoms with E-state index in [9.17, 15) is 9.59 Å². The molecule has 1 unspecified atom stereocenters. The number of hydrogen-bond acceptors (Lipinski definition) is 8. The van der Waals surface area contributed by atoms with Crippen LogP contribution in [0.3, 0.4) is 0 Å². The molecule has 0 bridgehead atoms.